The van der Waals surface area contributed by atoms with Gasteiger partial charge in [-0.3, -0.25) is 9.59 Å². The highest BCUT2D eigenvalue weighted by molar-refractivity contribution is 6.34. The highest BCUT2D eigenvalue weighted by atomic mass is 35.5. The van der Waals surface area contributed by atoms with Crippen LogP contribution in [0.4, 0.5) is 0 Å². The van der Waals surface area contributed by atoms with Gasteiger partial charge < -0.3 is 10.0 Å². The van der Waals surface area contributed by atoms with Crippen LogP contribution in [0.5, 0.6) is 0 Å². The molecule has 0 fully saturated rings. The van der Waals surface area contributed by atoms with Crippen molar-refractivity contribution in [2.45, 2.75) is 13.3 Å². The van der Waals surface area contributed by atoms with Crippen molar-refractivity contribution < 1.29 is 14.7 Å². The van der Waals surface area contributed by atoms with Gasteiger partial charge in [0.05, 0.1) is 0 Å². The number of hydrogen-bond donors (Lipinski definition) is 1. The second-order valence-corrected chi connectivity index (χ2v) is 5.06. The van der Waals surface area contributed by atoms with E-state index in [9.17, 15) is 9.59 Å². The predicted molar refractivity (Wildman–Crippen MR) is 80.0 cm³/mol. The molecule has 6 heteroatoms. The van der Waals surface area contributed by atoms with Gasteiger partial charge >= 0.3 is 5.97 Å². The molecule has 1 rings (SSSR count). The van der Waals surface area contributed by atoms with Crippen molar-refractivity contribution in [2.75, 3.05) is 13.1 Å². The Hall–Kier alpha value is -1.52. The van der Waals surface area contributed by atoms with E-state index in [1.54, 1.807) is 24.3 Å². The molecule has 0 unspecified atom stereocenters. The van der Waals surface area contributed by atoms with E-state index in [4.69, 9.17) is 28.3 Å². The smallest absolute Gasteiger partial charge is 0.323 e. The summed E-state index contributed by atoms with van der Waals surface area (Å²) in [5.41, 5.74) is 0.683. The van der Waals surface area contributed by atoms with E-state index in [1.165, 1.54) is 11.0 Å². The molecule has 0 aromatic heterocycles. The van der Waals surface area contributed by atoms with Crippen molar-refractivity contribution in [2.24, 2.45) is 0 Å². The second-order valence-electron chi connectivity index (χ2n) is 4.19. The van der Waals surface area contributed by atoms with Gasteiger partial charge in [0.15, 0.2) is 0 Å². The lowest BCUT2D eigenvalue weighted by atomic mass is 10.2. The van der Waals surface area contributed by atoms with Crippen LogP contribution >= 0.6 is 23.2 Å². The number of halogens is 2. The first-order valence-corrected chi connectivity index (χ1v) is 6.83. The first-order valence-electron chi connectivity index (χ1n) is 6.07. The largest absolute Gasteiger partial charge is 0.480 e. The molecule has 1 aromatic carbocycles. The van der Waals surface area contributed by atoms with E-state index in [1.807, 2.05) is 6.92 Å². The van der Waals surface area contributed by atoms with Gasteiger partial charge in [0.2, 0.25) is 5.91 Å². The lowest BCUT2D eigenvalue weighted by Crippen LogP contribution is -2.35. The highest BCUT2D eigenvalue weighted by Crippen LogP contribution is 2.19. The number of carboxylic acid groups (broad SMARTS) is 1. The third kappa shape index (κ3) is 5.63. The summed E-state index contributed by atoms with van der Waals surface area (Å²) < 4.78 is 0. The topological polar surface area (TPSA) is 57.6 Å². The summed E-state index contributed by atoms with van der Waals surface area (Å²) >= 11 is 11.7. The van der Waals surface area contributed by atoms with Gasteiger partial charge in [-0.15, -0.1) is 0 Å². The number of benzene rings is 1. The van der Waals surface area contributed by atoms with Crippen LogP contribution in [-0.4, -0.2) is 35.0 Å². The third-order valence-corrected chi connectivity index (χ3v) is 2.87. The molecule has 108 valence electrons. The number of amides is 1. The van der Waals surface area contributed by atoms with Crippen LogP contribution in [0.1, 0.15) is 18.9 Å². The molecule has 0 aliphatic heterocycles. The molecule has 0 aliphatic rings. The maximum Gasteiger partial charge on any atom is 0.323 e. The molecule has 0 atom stereocenters. The van der Waals surface area contributed by atoms with Crippen LogP contribution in [0.3, 0.4) is 0 Å². The Labute approximate surface area is 127 Å². The molecule has 4 nitrogen and oxygen atoms in total. The average Bonchev–Trinajstić information content (AvgIpc) is 2.33. The molecule has 0 aliphatic carbocycles. The monoisotopic (exact) mass is 315 g/mol. The van der Waals surface area contributed by atoms with Gasteiger partial charge in [-0.1, -0.05) is 30.1 Å². The first kappa shape index (κ1) is 16.5. The lowest BCUT2D eigenvalue weighted by Gasteiger charge is -2.17. The molecule has 1 aromatic rings. The number of carbonyl (C=O) groups is 2. The van der Waals surface area contributed by atoms with Gasteiger partial charge in [-0.2, -0.15) is 0 Å². The minimum atomic E-state index is -1.04. The zero-order valence-corrected chi connectivity index (χ0v) is 12.5. The molecule has 0 bridgehead atoms. The van der Waals surface area contributed by atoms with Crippen LogP contribution in [-0.2, 0) is 9.59 Å². The minimum absolute atomic E-state index is 0.312. The molecular weight excluding hydrogens is 301 g/mol. The molecule has 0 saturated carbocycles. The fourth-order valence-corrected chi connectivity index (χ4v) is 2.19. The lowest BCUT2D eigenvalue weighted by molar-refractivity contribution is -0.142. The summed E-state index contributed by atoms with van der Waals surface area (Å²) in [7, 11) is 0. The van der Waals surface area contributed by atoms with Gasteiger partial charge in [-0.05, 0) is 36.3 Å². The fourth-order valence-electron chi connectivity index (χ4n) is 1.64. The Morgan fingerprint density at radius 3 is 2.35 bits per heavy atom. The second kappa shape index (κ2) is 7.92. The molecule has 0 saturated heterocycles. The van der Waals surface area contributed by atoms with Crippen molar-refractivity contribution in [3.05, 3.63) is 39.9 Å². The van der Waals surface area contributed by atoms with Crippen LogP contribution in [0, 0.1) is 0 Å². The summed E-state index contributed by atoms with van der Waals surface area (Å²) in [4.78, 5) is 23.9. The van der Waals surface area contributed by atoms with E-state index in [0.717, 1.165) is 0 Å². The summed E-state index contributed by atoms with van der Waals surface area (Å²) in [5, 5.41) is 9.71. The first-order chi connectivity index (χ1) is 9.42. The summed E-state index contributed by atoms with van der Waals surface area (Å²) in [6.45, 7) is 1.96. The number of carbonyl (C=O) groups excluding carboxylic acids is 1. The zero-order valence-electron chi connectivity index (χ0n) is 11.0. The van der Waals surface area contributed by atoms with Crippen molar-refractivity contribution in [1.82, 2.24) is 4.90 Å². The summed E-state index contributed by atoms with van der Waals surface area (Å²) in [6, 6.07) is 4.92. The zero-order chi connectivity index (χ0) is 15.1. The Kier molecular flexibility index (Phi) is 6.55. The predicted octanol–water partition coefficient (Wildman–Crippen LogP) is 3.33. The molecule has 20 heavy (non-hydrogen) atoms. The number of nitrogens with zero attached hydrogens (tertiary/aromatic N) is 1. The third-order valence-electron chi connectivity index (χ3n) is 2.43. The minimum Gasteiger partial charge on any atom is -0.480 e. The Morgan fingerprint density at radius 2 is 1.85 bits per heavy atom. The Morgan fingerprint density at radius 1 is 1.25 bits per heavy atom. The van der Waals surface area contributed by atoms with E-state index in [2.05, 4.69) is 0 Å². The molecule has 1 amide bonds. The fraction of sp³-hybridized carbons (Fsp3) is 0.286. The van der Waals surface area contributed by atoms with Crippen LogP contribution in [0.15, 0.2) is 24.3 Å². The molecule has 0 radical (unpaired) electrons. The molecule has 1 N–H and O–H groups in total. The van der Waals surface area contributed by atoms with Crippen LogP contribution < -0.4 is 0 Å². The number of carboxylic acids is 1. The van der Waals surface area contributed by atoms with Crippen LogP contribution in [0.2, 0.25) is 10.0 Å². The molecule has 0 heterocycles. The van der Waals surface area contributed by atoms with Crippen molar-refractivity contribution >= 4 is 41.2 Å². The maximum atomic E-state index is 11.9. The van der Waals surface area contributed by atoms with E-state index >= 15 is 0 Å². The van der Waals surface area contributed by atoms with E-state index in [0.29, 0.717) is 28.6 Å². The normalized spacial score (nSPS) is 10.8. The average molecular weight is 316 g/mol. The van der Waals surface area contributed by atoms with E-state index in [-0.39, 0.29) is 12.5 Å². The highest BCUT2D eigenvalue weighted by Gasteiger charge is 2.13. The van der Waals surface area contributed by atoms with Crippen molar-refractivity contribution in [1.29, 1.82) is 0 Å². The van der Waals surface area contributed by atoms with Crippen molar-refractivity contribution in [3.8, 4) is 0 Å². The standard InChI is InChI=1S/C14H15Cl2NO3/c1-2-5-17(9-14(19)20)13(18)4-3-10-6-11(15)8-12(16)7-10/h3-4,6-8H,2,5,9H2,1H3,(H,19,20)/b4-3+. The Balaban J connectivity index is 2.80. The van der Waals surface area contributed by atoms with Gasteiger partial charge in [-0.25, -0.2) is 0 Å². The van der Waals surface area contributed by atoms with Gasteiger partial charge in [0, 0.05) is 22.7 Å². The summed E-state index contributed by atoms with van der Waals surface area (Å²) in [5.74, 6) is -1.39. The molecule has 0 spiro atoms. The van der Waals surface area contributed by atoms with Gasteiger partial charge in [0.25, 0.3) is 0 Å². The SMILES string of the molecule is CCCN(CC(=O)O)C(=O)/C=C/c1cc(Cl)cc(Cl)c1. The summed E-state index contributed by atoms with van der Waals surface area (Å²) in [6.07, 6.45) is 3.57. The number of aliphatic carboxylic acids is 1. The van der Waals surface area contributed by atoms with E-state index < -0.39 is 5.97 Å². The van der Waals surface area contributed by atoms with Gasteiger partial charge in [0.1, 0.15) is 6.54 Å². The Bertz CT molecular complexity index is 509. The quantitative estimate of drug-likeness (QED) is 0.819. The molecular formula is C14H15Cl2NO3. The number of hydrogen-bond acceptors (Lipinski definition) is 2. The van der Waals surface area contributed by atoms with Crippen LogP contribution in [0.25, 0.3) is 6.08 Å². The van der Waals surface area contributed by atoms with Crippen molar-refractivity contribution in [3.63, 3.8) is 0 Å². The number of rotatable bonds is 6. The maximum absolute atomic E-state index is 11.9.